The van der Waals surface area contributed by atoms with Crippen LogP contribution in [0.4, 0.5) is 11.4 Å². The van der Waals surface area contributed by atoms with Crippen LogP contribution in [0, 0.1) is 17.0 Å². The molecule has 0 aliphatic rings. The Kier molecular flexibility index (Phi) is 10.4. The molecule has 11 nitrogen and oxygen atoms in total. The van der Waals surface area contributed by atoms with Crippen LogP contribution in [0.2, 0.25) is 5.02 Å². The average molecular weight is 631 g/mol. The predicted octanol–water partition coefficient (Wildman–Crippen LogP) is 5.09. The van der Waals surface area contributed by atoms with Gasteiger partial charge in [-0.3, -0.25) is 24.0 Å². The maximum atomic E-state index is 14.0. The molecule has 0 aliphatic heterocycles. The lowest BCUT2D eigenvalue weighted by Crippen LogP contribution is -2.54. The molecule has 3 aromatic rings. The highest BCUT2D eigenvalue weighted by atomic mass is 35.5. The monoisotopic (exact) mass is 630 g/mol. The third-order valence-electron chi connectivity index (χ3n) is 6.57. The first-order valence-corrected chi connectivity index (χ1v) is 15.1. The number of nitro benzene ring substituents is 1. The average Bonchev–Trinajstić information content (AvgIpc) is 2.94. The van der Waals surface area contributed by atoms with E-state index in [1.807, 2.05) is 0 Å². The number of amides is 2. The number of methoxy groups -OCH3 is 1. The van der Waals surface area contributed by atoms with Gasteiger partial charge in [0, 0.05) is 28.7 Å². The molecule has 43 heavy (non-hydrogen) atoms. The third-order valence-corrected chi connectivity index (χ3v) is 8.71. The Morgan fingerprint density at radius 3 is 2.26 bits per heavy atom. The first kappa shape index (κ1) is 33.3. The molecule has 13 heteroatoms. The highest BCUT2D eigenvalue weighted by Crippen LogP contribution is 2.30. The Bertz CT molecular complexity index is 1610. The molecule has 0 radical (unpaired) electrons. The van der Waals surface area contributed by atoms with Gasteiger partial charge in [0.2, 0.25) is 11.8 Å². The number of halogens is 1. The zero-order valence-corrected chi connectivity index (χ0v) is 26.4. The molecule has 0 bridgehead atoms. The molecule has 0 saturated carbocycles. The van der Waals surface area contributed by atoms with Gasteiger partial charge in [-0.25, -0.2) is 8.42 Å². The number of nitro groups is 1. The largest absolute Gasteiger partial charge is 0.497 e. The van der Waals surface area contributed by atoms with Crippen molar-refractivity contribution in [3.05, 3.63) is 93.0 Å². The van der Waals surface area contributed by atoms with Crippen molar-refractivity contribution in [1.29, 1.82) is 0 Å². The minimum absolute atomic E-state index is 0.0796. The summed E-state index contributed by atoms with van der Waals surface area (Å²) in [5.74, 6) is -0.690. The predicted molar refractivity (Wildman–Crippen MR) is 165 cm³/mol. The van der Waals surface area contributed by atoms with Gasteiger partial charge >= 0.3 is 0 Å². The smallest absolute Gasteiger partial charge is 0.273 e. The Hall–Kier alpha value is -4.16. The van der Waals surface area contributed by atoms with Crippen LogP contribution in [0.5, 0.6) is 5.75 Å². The van der Waals surface area contributed by atoms with E-state index in [4.69, 9.17) is 16.3 Å². The van der Waals surface area contributed by atoms with E-state index >= 15 is 0 Å². The standard InChI is InChI=1S/C30H35ClN4O7S/c1-20-11-16-25(17-27(20)35(38)39)43(40,41)34(23-12-14-24(42-6)15-13-23)19-28(36)33(18-22-9-7-8-10-26(22)31)21(2)29(37)32-30(3,4)5/h7-17,21H,18-19H2,1-6H3,(H,32,37)/t21-/m0/s1. The fraction of sp³-hybridized carbons (Fsp3) is 0.333. The van der Waals surface area contributed by atoms with Crippen LogP contribution in [0.3, 0.4) is 0 Å². The molecule has 0 aromatic heterocycles. The van der Waals surface area contributed by atoms with Gasteiger partial charge in [0.05, 0.1) is 22.6 Å². The van der Waals surface area contributed by atoms with Crippen LogP contribution in [-0.4, -0.2) is 55.3 Å². The second-order valence-corrected chi connectivity index (χ2v) is 13.2. The van der Waals surface area contributed by atoms with Crippen molar-refractivity contribution >= 4 is 44.8 Å². The summed E-state index contributed by atoms with van der Waals surface area (Å²) in [5.41, 5.74) is -0.0263. The van der Waals surface area contributed by atoms with E-state index < -0.39 is 44.9 Å². The molecule has 0 fully saturated rings. The van der Waals surface area contributed by atoms with Crippen LogP contribution < -0.4 is 14.4 Å². The molecule has 0 saturated heterocycles. The highest BCUT2D eigenvalue weighted by Gasteiger charge is 2.34. The van der Waals surface area contributed by atoms with Crippen LogP contribution >= 0.6 is 11.6 Å². The Morgan fingerprint density at radius 1 is 1.07 bits per heavy atom. The molecule has 230 valence electrons. The lowest BCUT2D eigenvalue weighted by atomic mass is 10.1. The number of anilines is 1. The van der Waals surface area contributed by atoms with Gasteiger partial charge in [0.25, 0.3) is 15.7 Å². The van der Waals surface area contributed by atoms with Gasteiger partial charge in [0.1, 0.15) is 18.3 Å². The molecule has 2 amide bonds. The second kappa shape index (κ2) is 13.4. The summed E-state index contributed by atoms with van der Waals surface area (Å²) < 4.78 is 34.1. The van der Waals surface area contributed by atoms with E-state index in [1.54, 1.807) is 52.0 Å². The van der Waals surface area contributed by atoms with Crippen molar-refractivity contribution < 1.29 is 27.7 Å². The van der Waals surface area contributed by atoms with Gasteiger partial charge in [-0.1, -0.05) is 35.9 Å². The first-order valence-electron chi connectivity index (χ1n) is 13.3. The van der Waals surface area contributed by atoms with Crippen LogP contribution in [-0.2, 0) is 26.2 Å². The molecule has 0 spiro atoms. The van der Waals surface area contributed by atoms with Crippen LogP contribution in [0.1, 0.15) is 38.8 Å². The molecule has 0 unspecified atom stereocenters. The summed E-state index contributed by atoms with van der Waals surface area (Å²) in [6.07, 6.45) is 0. The van der Waals surface area contributed by atoms with Gasteiger partial charge in [0.15, 0.2) is 0 Å². The number of hydrogen-bond acceptors (Lipinski definition) is 7. The molecular weight excluding hydrogens is 596 g/mol. The lowest BCUT2D eigenvalue weighted by molar-refractivity contribution is -0.385. The normalized spacial score (nSPS) is 12.3. The van der Waals surface area contributed by atoms with Crippen LogP contribution in [0.15, 0.2) is 71.6 Å². The van der Waals surface area contributed by atoms with Gasteiger partial charge in [-0.15, -0.1) is 0 Å². The van der Waals surface area contributed by atoms with Gasteiger partial charge < -0.3 is 15.0 Å². The zero-order valence-electron chi connectivity index (χ0n) is 24.8. The van der Waals surface area contributed by atoms with Crippen LogP contribution in [0.25, 0.3) is 0 Å². The minimum Gasteiger partial charge on any atom is -0.497 e. The maximum absolute atomic E-state index is 14.0. The summed E-state index contributed by atoms with van der Waals surface area (Å²) in [5, 5.41) is 14.8. The fourth-order valence-electron chi connectivity index (χ4n) is 4.22. The molecule has 3 aromatic carbocycles. The van der Waals surface area contributed by atoms with Gasteiger partial charge in [-0.2, -0.15) is 0 Å². The Balaban J connectivity index is 2.11. The van der Waals surface area contributed by atoms with E-state index in [2.05, 4.69) is 5.32 Å². The minimum atomic E-state index is -4.52. The summed E-state index contributed by atoms with van der Waals surface area (Å²) in [6.45, 7) is 7.66. The molecule has 0 heterocycles. The lowest BCUT2D eigenvalue weighted by Gasteiger charge is -2.33. The van der Waals surface area contributed by atoms with Crippen molar-refractivity contribution in [2.24, 2.45) is 0 Å². The number of ether oxygens (including phenoxy) is 1. The van der Waals surface area contributed by atoms with Crippen molar-refractivity contribution in [3.63, 3.8) is 0 Å². The molecule has 1 N–H and O–H groups in total. The third kappa shape index (κ3) is 8.23. The number of rotatable bonds is 11. The highest BCUT2D eigenvalue weighted by molar-refractivity contribution is 7.92. The van der Waals surface area contributed by atoms with E-state index in [0.29, 0.717) is 16.3 Å². The number of nitrogens with one attached hydrogen (secondary N) is 1. The summed E-state index contributed by atoms with van der Waals surface area (Å²) in [7, 11) is -3.06. The fourth-order valence-corrected chi connectivity index (χ4v) is 5.85. The van der Waals surface area contributed by atoms with E-state index in [0.717, 1.165) is 10.4 Å². The van der Waals surface area contributed by atoms with Crippen molar-refractivity contribution in [2.45, 2.75) is 57.6 Å². The van der Waals surface area contributed by atoms with E-state index in [1.165, 1.54) is 55.3 Å². The first-order chi connectivity index (χ1) is 20.0. The van der Waals surface area contributed by atoms with E-state index in [9.17, 15) is 28.1 Å². The van der Waals surface area contributed by atoms with Crippen molar-refractivity contribution in [2.75, 3.05) is 18.0 Å². The number of aryl methyl sites for hydroxylation is 1. The molecule has 0 aliphatic carbocycles. The molecular formula is C30H35ClN4O7S. The summed E-state index contributed by atoms with van der Waals surface area (Å²) in [6, 6.07) is 15.3. The number of hydrogen-bond donors (Lipinski definition) is 1. The Labute approximate surface area is 256 Å². The van der Waals surface area contributed by atoms with Crippen molar-refractivity contribution in [1.82, 2.24) is 10.2 Å². The second-order valence-electron chi connectivity index (χ2n) is 10.9. The molecule has 1 atom stereocenters. The number of nitrogens with zero attached hydrogens (tertiary/aromatic N) is 3. The molecule has 3 rings (SSSR count). The van der Waals surface area contributed by atoms with Crippen molar-refractivity contribution in [3.8, 4) is 5.75 Å². The van der Waals surface area contributed by atoms with E-state index in [-0.39, 0.29) is 28.4 Å². The summed E-state index contributed by atoms with van der Waals surface area (Å²) in [4.78, 5) is 39.1. The quantitative estimate of drug-likeness (QED) is 0.230. The van der Waals surface area contributed by atoms with Gasteiger partial charge in [-0.05, 0) is 76.6 Å². The Morgan fingerprint density at radius 2 is 1.70 bits per heavy atom. The number of sulfonamides is 1. The number of carbonyl (C=O) groups is 2. The SMILES string of the molecule is COc1ccc(N(CC(=O)N(Cc2ccccc2Cl)[C@@H](C)C(=O)NC(C)(C)C)S(=O)(=O)c2ccc(C)c([N+](=O)[O-])c2)cc1. The summed E-state index contributed by atoms with van der Waals surface area (Å²) >= 11 is 6.39. The number of benzene rings is 3. The topological polar surface area (TPSA) is 139 Å². The number of carbonyl (C=O) groups excluding carboxylic acids is 2. The maximum Gasteiger partial charge on any atom is 0.273 e. The zero-order chi connectivity index (χ0) is 32.1.